The fourth-order valence-electron chi connectivity index (χ4n) is 1.49. The first-order valence-electron chi connectivity index (χ1n) is 6.64. The highest BCUT2D eigenvalue weighted by Crippen LogP contribution is 2.22. The van der Waals surface area contributed by atoms with Crippen LogP contribution in [0.1, 0.15) is 46.9 Å². The van der Waals surface area contributed by atoms with Crippen molar-refractivity contribution in [2.24, 2.45) is 5.92 Å². The molecule has 4 nitrogen and oxygen atoms in total. The molecule has 0 aliphatic rings. The van der Waals surface area contributed by atoms with E-state index in [0.29, 0.717) is 5.92 Å². The van der Waals surface area contributed by atoms with Gasteiger partial charge in [0.15, 0.2) is 0 Å². The van der Waals surface area contributed by atoms with Crippen LogP contribution >= 0.6 is 0 Å². The Morgan fingerprint density at radius 1 is 1.17 bits per heavy atom. The minimum absolute atomic E-state index is 0.0403. The predicted octanol–water partition coefficient (Wildman–Crippen LogP) is 3.27. The fourth-order valence-corrected chi connectivity index (χ4v) is 1.49. The van der Waals surface area contributed by atoms with Gasteiger partial charge in [-0.3, -0.25) is 0 Å². The molecule has 0 bridgehead atoms. The Hall–Kier alpha value is -1.32. The predicted molar refractivity (Wildman–Crippen MR) is 78.2 cm³/mol. The zero-order valence-corrected chi connectivity index (χ0v) is 12.5. The van der Waals surface area contributed by atoms with Crippen LogP contribution in [0.4, 0.5) is 11.6 Å². The zero-order chi connectivity index (χ0) is 13.8. The average Bonchev–Trinajstić information content (AvgIpc) is 2.27. The Labute approximate surface area is 111 Å². The monoisotopic (exact) mass is 250 g/mol. The highest BCUT2D eigenvalue weighted by atomic mass is 15.1. The molecule has 0 atom stereocenters. The molecule has 1 aromatic rings. The number of hydrogen-bond donors (Lipinski definition) is 2. The van der Waals surface area contributed by atoms with Crippen LogP contribution in [0.5, 0.6) is 0 Å². The molecule has 18 heavy (non-hydrogen) atoms. The Balaban J connectivity index is 2.84. The summed E-state index contributed by atoms with van der Waals surface area (Å²) in [5.74, 6) is 3.33. The molecule has 102 valence electrons. The van der Waals surface area contributed by atoms with E-state index in [0.717, 1.165) is 30.4 Å². The number of nitrogens with one attached hydrogen (secondary N) is 2. The van der Waals surface area contributed by atoms with E-state index in [9.17, 15) is 0 Å². The van der Waals surface area contributed by atoms with Crippen molar-refractivity contribution in [1.82, 2.24) is 9.97 Å². The van der Waals surface area contributed by atoms with Crippen LogP contribution in [-0.4, -0.2) is 23.6 Å². The van der Waals surface area contributed by atoms with Gasteiger partial charge in [-0.2, -0.15) is 0 Å². The quantitative estimate of drug-likeness (QED) is 0.842. The van der Waals surface area contributed by atoms with Crippen LogP contribution in [0.25, 0.3) is 0 Å². The topological polar surface area (TPSA) is 49.8 Å². The van der Waals surface area contributed by atoms with E-state index in [4.69, 9.17) is 0 Å². The van der Waals surface area contributed by atoms with Crippen molar-refractivity contribution in [3.05, 3.63) is 11.9 Å². The SMILES string of the molecule is CNc1cc(NCCC(C)C)nc(C(C)(C)C)n1. The maximum atomic E-state index is 4.59. The van der Waals surface area contributed by atoms with Gasteiger partial charge in [-0.1, -0.05) is 34.6 Å². The summed E-state index contributed by atoms with van der Waals surface area (Å²) in [5.41, 5.74) is -0.0403. The van der Waals surface area contributed by atoms with Crippen molar-refractivity contribution in [1.29, 1.82) is 0 Å². The number of hydrogen-bond acceptors (Lipinski definition) is 4. The van der Waals surface area contributed by atoms with Gasteiger partial charge in [-0.05, 0) is 12.3 Å². The largest absolute Gasteiger partial charge is 0.373 e. The highest BCUT2D eigenvalue weighted by molar-refractivity contribution is 5.47. The maximum absolute atomic E-state index is 4.59. The lowest BCUT2D eigenvalue weighted by Crippen LogP contribution is -2.18. The molecule has 0 saturated heterocycles. The first-order chi connectivity index (χ1) is 8.32. The van der Waals surface area contributed by atoms with E-state index in [1.54, 1.807) is 0 Å². The molecule has 0 radical (unpaired) electrons. The molecule has 1 heterocycles. The molecule has 4 heteroatoms. The van der Waals surface area contributed by atoms with Crippen LogP contribution in [-0.2, 0) is 5.41 Å². The summed E-state index contributed by atoms with van der Waals surface area (Å²) in [7, 11) is 1.88. The van der Waals surface area contributed by atoms with Gasteiger partial charge in [0.05, 0.1) is 0 Å². The highest BCUT2D eigenvalue weighted by Gasteiger charge is 2.18. The zero-order valence-electron chi connectivity index (χ0n) is 12.5. The number of aromatic nitrogens is 2. The molecule has 0 saturated carbocycles. The molecule has 0 aromatic carbocycles. The van der Waals surface area contributed by atoms with Crippen molar-refractivity contribution in [3.8, 4) is 0 Å². The summed E-state index contributed by atoms with van der Waals surface area (Å²) >= 11 is 0. The van der Waals surface area contributed by atoms with Gasteiger partial charge in [0.1, 0.15) is 17.5 Å². The summed E-state index contributed by atoms with van der Waals surface area (Å²) in [4.78, 5) is 9.09. The summed E-state index contributed by atoms with van der Waals surface area (Å²) < 4.78 is 0. The van der Waals surface area contributed by atoms with Crippen molar-refractivity contribution < 1.29 is 0 Å². The maximum Gasteiger partial charge on any atom is 0.138 e. The fraction of sp³-hybridized carbons (Fsp3) is 0.714. The Bertz CT molecular complexity index is 380. The first-order valence-corrected chi connectivity index (χ1v) is 6.64. The Kier molecular flexibility index (Phi) is 4.93. The van der Waals surface area contributed by atoms with E-state index >= 15 is 0 Å². The van der Waals surface area contributed by atoms with Crippen LogP contribution in [0.2, 0.25) is 0 Å². The van der Waals surface area contributed by atoms with Crippen molar-refractivity contribution >= 4 is 11.6 Å². The lowest BCUT2D eigenvalue weighted by Gasteiger charge is -2.19. The second-order valence-electron chi connectivity index (χ2n) is 6.07. The third-order valence-corrected chi connectivity index (χ3v) is 2.68. The lowest BCUT2D eigenvalue weighted by molar-refractivity contribution is 0.546. The van der Waals surface area contributed by atoms with E-state index in [1.165, 1.54) is 0 Å². The summed E-state index contributed by atoms with van der Waals surface area (Å²) in [6.45, 7) is 11.8. The smallest absolute Gasteiger partial charge is 0.138 e. The molecule has 0 aliphatic heterocycles. The second kappa shape index (κ2) is 6.03. The van der Waals surface area contributed by atoms with E-state index < -0.39 is 0 Å². The van der Waals surface area contributed by atoms with Gasteiger partial charge < -0.3 is 10.6 Å². The van der Waals surface area contributed by atoms with Crippen LogP contribution in [0.3, 0.4) is 0 Å². The van der Waals surface area contributed by atoms with Crippen LogP contribution in [0.15, 0.2) is 6.07 Å². The number of anilines is 2. The van der Waals surface area contributed by atoms with Crippen molar-refractivity contribution in [2.75, 3.05) is 24.2 Å². The van der Waals surface area contributed by atoms with Gasteiger partial charge in [-0.25, -0.2) is 9.97 Å². The van der Waals surface area contributed by atoms with Gasteiger partial charge in [0.2, 0.25) is 0 Å². The van der Waals surface area contributed by atoms with E-state index in [-0.39, 0.29) is 5.41 Å². The minimum Gasteiger partial charge on any atom is -0.373 e. The van der Waals surface area contributed by atoms with Crippen LogP contribution < -0.4 is 10.6 Å². The Morgan fingerprint density at radius 3 is 2.28 bits per heavy atom. The molecule has 1 aromatic heterocycles. The Morgan fingerprint density at radius 2 is 1.78 bits per heavy atom. The lowest BCUT2D eigenvalue weighted by atomic mass is 9.96. The van der Waals surface area contributed by atoms with Crippen molar-refractivity contribution in [3.63, 3.8) is 0 Å². The molecule has 1 rings (SSSR count). The number of nitrogens with zero attached hydrogens (tertiary/aromatic N) is 2. The molecular weight excluding hydrogens is 224 g/mol. The van der Waals surface area contributed by atoms with Gasteiger partial charge in [0.25, 0.3) is 0 Å². The minimum atomic E-state index is -0.0403. The first kappa shape index (κ1) is 14.7. The third-order valence-electron chi connectivity index (χ3n) is 2.68. The van der Waals surface area contributed by atoms with Gasteiger partial charge >= 0.3 is 0 Å². The molecule has 0 aliphatic carbocycles. The molecular formula is C14H26N4. The van der Waals surface area contributed by atoms with E-state index in [2.05, 4.69) is 55.2 Å². The summed E-state index contributed by atoms with van der Waals surface area (Å²) in [6.07, 6.45) is 1.14. The van der Waals surface area contributed by atoms with Crippen molar-refractivity contribution in [2.45, 2.75) is 46.5 Å². The third kappa shape index (κ3) is 4.51. The molecule has 0 spiro atoms. The van der Waals surface area contributed by atoms with Gasteiger partial charge in [-0.15, -0.1) is 0 Å². The number of rotatable bonds is 5. The normalized spacial score (nSPS) is 11.7. The van der Waals surface area contributed by atoms with E-state index in [1.807, 2.05) is 13.1 Å². The average molecular weight is 250 g/mol. The molecule has 0 amide bonds. The second-order valence-corrected chi connectivity index (χ2v) is 6.07. The molecule has 0 unspecified atom stereocenters. The molecule has 0 fully saturated rings. The van der Waals surface area contributed by atoms with Crippen LogP contribution in [0, 0.1) is 5.92 Å². The molecule has 2 N–H and O–H groups in total. The summed E-state index contributed by atoms with van der Waals surface area (Å²) in [5, 5.41) is 6.46. The standard InChI is InChI=1S/C14H26N4/c1-10(2)7-8-16-12-9-11(15-6)17-13(18-12)14(3,4)5/h9-10H,7-8H2,1-6H3,(H2,15,16,17,18). The van der Waals surface area contributed by atoms with Gasteiger partial charge in [0, 0.05) is 25.1 Å². The summed E-state index contributed by atoms with van der Waals surface area (Å²) in [6, 6.07) is 1.95.